The van der Waals surface area contributed by atoms with Crippen LogP contribution in [0, 0.1) is 17.7 Å². The van der Waals surface area contributed by atoms with Gasteiger partial charge in [-0.2, -0.15) is 9.97 Å². The van der Waals surface area contributed by atoms with Crippen LogP contribution in [-0.4, -0.2) is 79.4 Å². The number of pyridine rings is 2. The number of piperidine rings is 1. The van der Waals surface area contributed by atoms with Crippen molar-refractivity contribution in [3.8, 4) is 22.5 Å². The molecule has 0 radical (unpaired) electrons. The molecular weight excluding hydrogens is 826 g/mol. The molecule has 63 heavy (non-hydrogen) atoms. The number of aromatic nitrogens is 6. The Kier molecular flexibility index (Phi) is 10.4. The minimum Gasteiger partial charge on any atom is -0.349 e. The molecule has 4 aromatic heterocycles. The van der Waals surface area contributed by atoms with Crippen LogP contribution >= 0.6 is 0 Å². The first kappa shape index (κ1) is 40.0. The van der Waals surface area contributed by atoms with Gasteiger partial charge in [0.2, 0.25) is 23.7 Å². The van der Waals surface area contributed by atoms with E-state index in [2.05, 4.69) is 35.7 Å². The van der Waals surface area contributed by atoms with Crippen LogP contribution < -0.4 is 20.7 Å². The molecule has 0 bridgehead atoms. The number of hydrogen-bond donors (Lipinski definition) is 4. The van der Waals surface area contributed by atoms with Gasteiger partial charge in [-0.05, 0) is 105 Å². The fourth-order valence-corrected chi connectivity index (χ4v) is 8.83. The van der Waals surface area contributed by atoms with Crippen LogP contribution in [0.3, 0.4) is 0 Å². The predicted molar refractivity (Wildman–Crippen MR) is 233 cm³/mol. The number of likely N-dealkylation sites (tertiary alicyclic amines) is 1. The quantitative estimate of drug-likeness (QED) is 0.105. The molecule has 0 atom stereocenters. The van der Waals surface area contributed by atoms with Crippen LogP contribution in [-0.2, 0) is 26.2 Å². The molecule has 5 heterocycles. The maximum Gasteiger partial charge on any atom is 0.261 e. The van der Waals surface area contributed by atoms with Gasteiger partial charge in [-0.25, -0.2) is 21.8 Å². The number of rotatable bonds is 13. The number of sulfonamides is 1. The van der Waals surface area contributed by atoms with Gasteiger partial charge in [-0.3, -0.25) is 34.6 Å². The molecule has 2 saturated carbocycles. The lowest BCUT2D eigenvalue weighted by Crippen LogP contribution is -2.44. The molecule has 10 rings (SSSR count). The largest absolute Gasteiger partial charge is 0.349 e. The van der Waals surface area contributed by atoms with Crippen molar-refractivity contribution in [2.24, 2.45) is 11.8 Å². The Labute approximate surface area is 361 Å². The van der Waals surface area contributed by atoms with Gasteiger partial charge in [0.1, 0.15) is 5.82 Å². The van der Waals surface area contributed by atoms with Crippen molar-refractivity contribution in [2.75, 3.05) is 28.4 Å². The average Bonchev–Trinajstić information content (AvgIpc) is 4.23. The molecule has 18 heteroatoms. The van der Waals surface area contributed by atoms with E-state index < -0.39 is 15.8 Å². The summed E-state index contributed by atoms with van der Waals surface area (Å²) in [5.74, 6) is -0.366. The Hall–Kier alpha value is -7.05. The summed E-state index contributed by atoms with van der Waals surface area (Å²) in [7, 11) is -3.94. The monoisotopic (exact) mass is 867 g/mol. The molecule has 320 valence electrons. The van der Waals surface area contributed by atoms with E-state index in [0.717, 1.165) is 86.1 Å². The van der Waals surface area contributed by atoms with Crippen molar-refractivity contribution in [3.63, 3.8) is 0 Å². The van der Waals surface area contributed by atoms with Gasteiger partial charge >= 0.3 is 0 Å². The Morgan fingerprint density at radius 1 is 0.667 bits per heavy atom. The second-order valence-electron chi connectivity index (χ2n) is 16.3. The van der Waals surface area contributed by atoms with Crippen molar-refractivity contribution < 1.29 is 27.2 Å². The van der Waals surface area contributed by atoms with E-state index in [1.54, 1.807) is 45.4 Å². The van der Waals surface area contributed by atoms with Crippen molar-refractivity contribution in [3.05, 3.63) is 120 Å². The molecule has 0 unspecified atom stereocenters. The number of carbonyl (C=O) groups is 3. The zero-order valence-electron chi connectivity index (χ0n) is 33.9. The summed E-state index contributed by atoms with van der Waals surface area (Å²) in [6, 6.07) is 28.3. The highest BCUT2D eigenvalue weighted by Gasteiger charge is 2.32. The van der Waals surface area contributed by atoms with E-state index in [0.29, 0.717) is 34.8 Å². The SMILES string of the molecule is O=C(NC1CCN(Cc2ccc(-c3ccc(NS(=O)(=O)c4ccc(F)cc4)cc3)n3nc(NC(=O)C4CC4)nc23)CC1)c1ccc(-c2cccc3nc(NC(=O)C4CC4)nn23)cc1. The zero-order chi connectivity index (χ0) is 43.2. The van der Waals surface area contributed by atoms with E-state index in [1.807, 2.05) is 42.5 Å². The zero-order valence-corrected chi connectivity index (χ0v) is 34.7. The Balaban J connectivity index is 0.792. The van der Waals surface area contributed by atoms with Crippen LogP contribution in [0.2, 0.25) is 0 Å². The number of amides is 3. The Morgan fingerprint density at radius 3 is 1.92 bits per heavy atom. The molecular formula is C45H42FN11O5S. The third-order valence-electron chi connectivity index (χ3n) is 11.6. The van der Waals surface area contributed by atoms with Gasteiger partial charge in [0.25, 0.3) is 15.9 Å². The average molecular weight is 868 g/mol. The van der Waals surface area contributed by atoms with Gasteiger partial charge in [0.15, 0.2) is 11.3 Å². The summed E-state index contributed by atoms with van der Waals surface area (Å²) in [6.45, 7) is 2.03. The first-order valence-electron chi connectivity index (χ1n) is 20.9. The number of halogens is 1. The number of carbonyl (C=O) groups excluding carboxylic acids is 3. The summed E-state index contributed by atoms with van der Waals surface area (Å²) in [6.07, 6.45) is 4.95. The lowest BCUT2D eigenvalue weighted by atomic mass is 10.0. The third kappa shape index (κ3) is 8.72. The van der Waals surface area contributed by atoms with Gasteiger partial charge in [0.05, 0.1) is 16.3 Å². The molecule has 2 aliphatic carbocycles. The molecule has 3 fully saturated rings. The van der Waals surface area contributed by atoms with E-state index in [-0.39, 0.29) is 52.4 Å². The Morgan fingerprint density at radius 2 is 1.27 bits per heavy atom. The summed E-state index contributed by atoms with van der Waals surface area (Å²) in [4.78, 5) is 49.8. The van der Waals surface area contributed by atoms with Crippen LogP contribution in [0.1, 0.15) is 54.4 Å². The number of fused-ring (bicyclic) bond motifs is 2. The Bertz CT molecular complexity index is 2990. The standard InChI is InChI=1S/C45H42FN11O5S/c46-33-15-19-36(20-16-33)63(61,62)54-35-17-12-28(13-18-35)38-21-14-32(40-49-45(53-57(38)40)51-43(60)31-10-11-31)26-55-24-22-34(23-25-55)47-41(58)29-6-4-27(5-7-29)37-2-1-3-39-48-44(52-56(37)39)50-42(59)30-8-9-30/h1-7,12-21,30-31,34,54H,8-11,22-26H2,(H,47,58)(H,50,52,59)(H,51,53,60). The lowest BCUT2D eigenvalue weighted by molar-refractivity contribution is -0.118. The first-order valence-corrected chi connectivity index (χ1v) is 22.4. The van der Waals surface area contributed by atoms with Crippen molar-refractivity contribution >= 4 is 56.6 Å². The molecule has 4 N–H and O–H groups in total. The highest BCUT2D eigenvalue weighted by Crippen LogP contribution is 2.32. The molecule has 3 aliphatic rings. The summed E-state index contributed by atoms with van der Waals surface area (Å²) in [5.41, 5.74) is 6.03. The third-order valence-corrected chi connectivity index (χ3v) is 13.0. The second-order valence-corrected chi connectivity index (χ2v) is 18.0. The number of benzene rings is 3. The van der Waals surface area contributed by atoms with Gasteiger partial charge in [-0.15, -0.1) is 10.2 Å². The molecule has 1 saturated heterocycles. The van der Waals surface area contributed by atoms with Gasteiger partial charge in [0, 0.05) is 65.5 Å². The minimum absolute atomic E-state index is 0.00976. The normalized spacial score (nSPS) is 16.0. The van der Waals surface area contributed by atoms with E-state index in [4.69, 9.17) is 10.1 Å². The van der Waals surface area contributed by atoms with Gasteiger partial charge in [-0.1, -0.05) is 36.4 Å². The topological polar surface area (TPSA) is 197 Å². The smallest absolute Gasteiger partial charge is 0.261 e. The molecule has 1 aliphatic heterocycles. The summed E-state index contributed by atoms with van der Waals surface area (Å²) < 4.78 is 45.1. The highest BCUT2D eigenvalue weighted by atomic mass is 32.2. The number of anilines is 3. The van der Waals surface area contributed by atoms with Crippen molar-refractivity contribution in [1.82, 2.24) is 39.4 Å². The summed E-state index contributed by atoms with van der Waals surface area (Å²) in [5, 5.41) is 18.1. The highest BCUT2D eigenvalue weighted by molar-refractivity contribution is 7.92. The van der Waals surface area contributed by atoms with Crippen LogP contribution in [0.25, 0.3) is 33.8 Å². The van der Waals surface area contributed by atoms with E-state index >= 15 is 0 Å². The van der Waals surface area contributed by atoms with Crippen LogP contribution in [0.15, 0.2) is 108 Å². The fraction of sp³-hybridized carbons (Fsp3) is 0.267. The summed E-state index contributed by atoms with van der Waals surface area (Å²) >= 11 is 0. The lowest BCUT2D eigenvalue weighted by Gasteiger charge is -2.32. The molecule has 16 nitrogen and oxygen atoms in total. The minimum atomic E-state index is -3.94. The van der Waals surface area contributed by atoms with Crippen molar-refractivity contribution in [2.45, 2.75) is 56.0 Å². The second kappa shape index (κ2) is 16.3. The van der Waals surface area contributed by atoms with Crippen LogP contribution in [0.4, 0.5) is 22.0 Å². The predicted octanol–water partition coefficient (Wildman–Crippen LogP) is 6.14. The number of hydrogen-bond acceptors (Lipinski definition) is 10. The number of nitrogens with one attached hydrogen (secondary N) is 4. The van der Waals surface area contributed by atoms with E-state index in [9.17, 15) is 27.2 Å². The maximum absolute atomic E-state index is 13.4. The molecule has 3 aromatic carbocycles. The fourth-order valence-electron chi connectivity index (χ4n) is 7.77. The van der Waals surface area contributed by atoms with Crippen LogP contribution in [0.5, 0.6) is 0 Å². The molecule has 3 amide bonds. The molecule has 0 spiro atoms. The van der Waals surface area contributed by atoms with Gasteiger partial charge < -0.3 is 5.32 Å². The maximum atomic E-state index is 13.4. The number of nitrogens with zero attached hydrogens (tertiary/aromatic N) is 7. The molecule has 7 aromatic rings. The van der Waals surface area contributed by atoms with E-state index in [1.165, 1.54) is 12.1 Å². The first-order chi connectivity index (χ1) is 30.5. The van der Waals surface area contributed by atoms with Crippen molar-refractivity contribution in [1.29, 1.82) is 0 Å².